The number of urea groups is 1. The summed E-state index contributed by atoms with van der Waals surface area (Å²) in [7, 11) is 0. The average molecular weight is 340 g/mol. The highest BCUT2D eigenvalue weighted by Crippen LogP contribution is 2.36. The summed E-state index contributed by atoms with van der Waals surface area (Å²) in [6.07, 6.45) is 0. The molecular weight excluding hydrogens is 320 g/mol. The predicted octanol–water partition coefficient (Wildman–Crippen LogP) is 2.93. The Morgan fingerprint density at radius 3 is 2.56 bits per heavy atom. The van der Waals surface area contributed by atoms with Gasteiger partial charge in [0.05, 0.1) is 11.6 Å². The zero-order valence-electron chi connectivity index (χ0n) is 14.1. The standard InChI is InChI=1S/C19H20N2O4/c1-11-3-8-15-16(10-25-17(15)12(11)2)21-19(24)20-9-13-4-6-14(7-5-13)18(22)23/h3-8,16H,9-10H2,1-2H3,(H,22,23)(H2,20,21,24). The van der Waals surface area contributed by atoms with Gasteiger partial charge in [0, 0.05) is 12.1 Å². The van der Waals surface area contributed by atoms with Gasteiger partial charge in [-0.3, -0.25) is 0 Å². The summed E-state index contributed by atoms with van der Waals surface area (Å²) in [4.78, 5) is 23.0. The van der Waals surface area contributed by atoms with Crippen molar-refractivity contribution < 1.29 is 19.4 Å². The van der Waals surface area contributed by atoms with E-state index >= 15 is 0 Å². The summed E-state index contributed by atoms with van der Waals surface area (Å²) >= 11 is 0. The fourth-order valence-electron chi connectivity index (χ4n) is 2.81. The lowest BCUT2D eigenvalue weighted by atomic mass is 10.0. The van der Waals surface area contributed by atoms with E-state index in [0.717, 1.165) is 28.0 Å². The number of carbonyl (C=O) groups is 2. The molecule has 1 heterocycles. The molecule has 0 fully saturated rings. The van der Waals surface area contributed by atoms with E-state index in [1.165, 1.54) is 12.1 Å². The number of carboxylic acids is 1. The highest BCUT2D eigenvalue weighted by atomic mass is 16.5. The molecule has 2 amide bonds. The molecule has 0 bridgehead atoms. The van der Waals surface area contributed by atoms with Gasteiger partial charge >= 0.3 is 12.0 Å². The van der Waals surface area contributed by atoms with Crippen molar-refractivity contribution in [3.05, 3.63) is 64.2 Å². The molecule has 1 aliphatic heterocycles. The van der Waals surface area contributed by atoms with Crippen molar-refractivity contribution in [3.8, 4) is 5.75 Å². The van der Waals surface area contributed by atoms with Crippen LogP contribution in [0.15, 0.2) is 36.4 Å². The van der Waals surface area contributed by atoms with Gasteiger partial charge in [-0.2, -0.15) is 0 Å². The van der Waals surface area contributed by atoms with E-state index in [1.807, 2.05) is 26.0 Å². The van der Waals surface area contributed by atoms with Gasteiger partial charge in [-0.1, -0.05) is 24.3 Å². The van der Waals surface area contributed by atoms with E-state index in [0.29, 0.717) is 13.2 Å². The molecule has 1 unspecified atom stereocenters. The second-order valence-electron chi connectivity index (χ2n) is 6.12. The molecule has 0 saturated heterocycles. The second-order valence-corrected chi connectivity index (χ2v) is 6.12. The largest absolute Gasteiger partial charge is 0.490 e. The summed E-state index contributed by atoms with van der Waals surface area (Å²) < 4.78 is 5.72. The highest BCUT2D eigenvalue weighted by Gasteiger charge is 2.27. The molecule has 0 saturated carbocycles. The molecule has 0 aliphatic carbocycles. The van der Waals surface area contributed by atoms with Crippen molar-refractivity contribution in [3.63, 3.8) is 0 Å². The lowest BCUT2D eigenvalue weighted by Gasteiger charge is -2.13. The van der Waals surface area contributed by atoms with E-state index in [9.17, 15) is 9.59 Å². The Hall–Kier alpha value is -3.02. The number of carboxylic acid groups (broad SMARTS) is 1. The Bertz CT molecular complexity index is 815. The monoisotopic (exact) mass is 340 g/mol. The molecule has 1 aliphatic rings. The lowest BCUT2D eigenvalue weighted by molar-refractivity contribution is 0.0697. The van der Waals surface area contributed by atoms with Crippen LogP contribution in [0.25, 0.3) is 0 Å². The normalized spacial score (nSPS) is 15.2. The van der Waals surface area contributed by atoms with Crippen molar-refractivity contribution in [2.45, 2.75) is 26.4 Å². The Kier molecular flexibility index (Phi) is 4.61. The Morgan fingerprint density at radius 1 is 1.16 bits per heavy atom. The summed E-state index contributed by atoms with van der Waals surface area (Å²) in [6, 6.07) is 9.95. The van der Waals surface area contributed by atoms with E-state index in [1.54, 1.807) is 12.1 Å². The lowest BCUT2D eigenvalue weighted by Crippen LogP contribution is -2.38. The third-order valence-electron chi connectivity index (χ3n) is 4.44. The first kappa shape index (κ1) is 16.8. The molecular formula is C19H20N2O4. The second kappa shape index (κ2) is 6.84. The Morgan fingerprint density at radius 2 is 1.88 bits per heavy atom. The Balaban J connectivity index is 1.58. The number of aryl methyl sites for hydroxylation is 1. The summed E-state index contributed by atoms with van der Waals surface area (Å²) in [5.74, 6) is -0.114. The number of amides is 2. The van der Waals surface area contributed by atoms with Crippen LogP contribution in [0.2, 0.25) is 0 Å². The first-order valence-electron chi connectivity index (χ1n) is 8.05. The molecule has 1 atom stereocenters. The van der Waals surface area contributed by atoms with E-state index in [2.05, 4.69) is 10.6 Å². The molecule has 0 aromatic heterocycles. The van der Waals surface area contributed by atoms with Gasteiger partial charge in [-0.25, -0.2) is 9.59 Å². The minimum Gasteiger partial charge on any atom is -0.490 e. The molecule has 6 heteroatoms. The maximum atomic E-state index is 12.1. The number of rotatable bonds is 4. The van der Waals surface area contributed by atoms with E-state index in [-0.39, 0.29) is 17.6 Å². The number of fused-ring (bicyclic) bond motifs is 1. The van der Waals surface area contributed by atoms with Crippen LogP contribution in [0.5, 0.6) is 5.75 Å². The van der Waals surface area contributed by atoms with Crippen LogP contribution in [-0.2, 0) is 6.54 Å². The number of carbonyl (C=O) groups excluding carboxylic acids is 1. The van der Waals surface area contributed by atoms with Crippen LogP contribution in [-0.4, -0.2) is 23.7 Å². The summed E-state index contributed by atoms with van der Waals surface area (Å²) in [5.41, 5.74) is 4.30. The molecule has 3 rings (SSSR count). The van der Waals surface area contributed by atoms with Crippen molar-refractivity contribution >= 4 is 12.0 Å². The van der Waals surface area contributed by atoms with Gasteiger partial charge in [-0.05, 0) is 42.7 Å². The van der Waals surface area contributed by atoms with E-state index in [4.69, 9.17) is 9.84 Å². The number of nitrogens with one attached hydrogen (secondary N) is 2. The van der Waals surface area contributed by atoms with Gasteiger partial charge in [0.25, 0.3) is 0 Å². The molecule has 3 N–H and O–H groups in total. The van der Waals surface area contributed by atoms with Crippen LogP contribution in [0.1, 0.15) is 38.7 Å². The van der Waals surface area contributed by atoms with Crippen LogP contribution >= 0.6 is 0 Å². The predicted molar refractivity (Wildman–Crippen MR) is 92.9 cm³/mol. The molecule has 6 nitrogen and oxygen atoms in total. The van der Waals surface area contributed by atoms with Crippen molar-refractivity contribution in [1.82, 2.24) is 10.6 Å². The van der Waals surface area contributed by atoms with Crippen LogP contribution in [0.4, 0.5) is 4.79 Å². The van der Waals surface area contributed by atoms with Gasteiger partial charge < -0.3 is 20.5 Å². The third-order valence-corrected chi connectivity index (χ3v) is 4.44. The SMILES string of the molecule is Cc1ccc2c(c1C)OCC2NC(=O)NCc1ccc(C(=O)O)cc1. The zero-order valence-corrected chi connectivity index (χ0v) is 14.1. The fourth-order valence-corrected chi connectivity index (χ4v) is 2.81. The average Bonchev–Trinajstić information content (AvgIpc) is 3.00. The fraction of sp³-hybridized carbons (Fsp3) is 0.263. The smallest absolute Gasteiger partial charge is 0.335 e. The van der Waals surface area contributed by atoms with Gasteiger partial charge in [0.1, 0.15) is 12.4 Å². The maximum Gasteiger partial charge on any atom is 0.335 e. The number of benzene rings is 2. The number of hydrogen-bond acceptors (Lipinski definition) is 3. The number of hydrogen-bond donors (Lipinski definition) is 3. The first-order chi connectivity index (χ1) is 12.0. The van der Waals surface area contributed by atoms with Gasteiger partial charge in [-0.15, -0.1) is 0 Å². The van der Waals surface area contributed by atoms with Crippen molar-refractivity contribution in [2.75, 3.05) is 6.61 Å². The quantitative estimate of drug-likeness (QED) is 0.798. The summed E-state index contributed by atoms with van der Waals surface area (Å²) in [6.45, 7) is 4.78. The molecule has 0 radical (unpaired) electrons. The zero-order chi connectivity index (χ0) is 18.0. The van der Waals surface area contributed by atoms with Crippen molar-refractivity contribution in [2.24, 2.45) is 0 Å². The van der Waals surface area contributed by atoms with Gasteiger partial charge in [0.2, 0.25) is 0 Å². The first-order valence-corrected chi connectivity index (χ1v) is 8.05. The van der Waals surface area contributed by atoms with E-state index < -0.39 is 5.97 Å². The van der Waals surface area contributed by atoms with Crippen LogP contribution in [0.3, 0.4) is 0 Å². The van der Waals surface area contributed by atoms with Crippen LogP contribution < -0.4 is 15.4 Å². The third kappa shape index (κ3) is 3.57. The molecule has 2 aromatic carbocycles. The highest BCUT2D eigenvalue weighted by molar-refractivity contribution is 5.87. The summed E-state index contributed by atoms with van der Waals surface area (Å²) in [5, 5.41) is 14.6. The molecule has 25 heavy (non-hydrogen) atoms. The van der Waals surface area contributed by atoms with Crippen LogP contribution in [0, 0.1) is 13.8 Å². The number of aromatic carboxylic acids is 1. The Labute approximate surface area is 145 Å². The minimum absolute atomic E-state index is 0.177. The van der Waals surface area contributed by atoms with Gasteiger partial charge in [0.15, 0.2) is 0 Å². The minimum atomic E-state index is -0.970. The molecule has 130 valence electrons. The topological polar surface area (TPSA) is 87.7 Å². The van der Waals surface area contributed by atoms with Crippen molar-refractivity contribution in [1.29, 1.82) is 0 Å². The molecule has 2 aromatic rings. The number of ether oxygens (including phenoxy) is 1. The maximum absolute atomic E-state index is 12.1. The molecule has 0 spiro atoms.